The van der Waals surface area contributed by atoms with E-state index in [9.17, 15) is 0 Å². The van der Waals surface area contributed by atoms with Gasteiger partial charge in [-0.05, 0) is 52.7 Å². The molecule has 6 heteroatoms. The van der Waals surface area contributed by atoms with Gasteiger partial charge in [-0.2, -0.15) is 0 Å². The summed E-state index contributed by atoms with van der Waals surface area (Å²) in [5.41, 5.74) is 4.50. The van der Waals surface area contributed by atoms with Crippen LogP contribution in [0.5, 0.6) is 5.75 Å². The van der Waals surface area contributed by atoms with Crippen molar-refractivity contribution < 1.29 is 4.74 Å². The van der Waals surface area contributed by atoms with E-state index in [1.165, 1.54) is 0 Å². The number of nitrogens with two attached hydrogens (primary N) is 1. The molecule has 1 aromatic carbocycles. The second-order valence-corrected chi connectivity index (χ2v) is 5.35. The molecule has 0 unspecified atom stereocenters. The Bertz CT molecular complexity index is 572. The summed E-state index contributed by atoms with van der Waals surface area (Å²) < 4.78 is 6.59. The standard InChI is InChI=1S/C13H13BrClN3O/c1-8-2-10(15)5-11(3-8)19-7-9-4-13(18-16)17-6-12(9)14/h2-6H,7,16H2,1H3,(H,17,18). The van der Waals surface area contributed by atoms with Crippen molar-refractivity contribution in [1.29, 1.82) is 0 Å². The number of benzene rings is 1. The highest BCUT2D eigenvalue weighted by Gasteiger charge is 2.05. The highest BCUT2D eigenvalue weighted by Crippen LogP contribution is 2.24. The Hall–Kier alpha value is -1.30. The van der Waals surface area contributed by atoms with Gasteiger partial charge in [0.25, 0.3) is 0 Å². The number of aryl methyl sites for hydroxylation is 1. The van der Waals surface area contributed by atoms with Crippen LogP contribution in [0.4, 0.5) is 5.82 Å². The van der Waals surface area contributed by atoms with E-state index in [1.54, 1.807) is 12.3 Å². The van der Waals surface area contributed by atoms with Gasteiger partial charge in [0.15, 0.2) is 0 Å². The van der Waals surface area contributed by atoms with Crippen LogP contribution in [-0.2, 0) is 6.61 Å². The zero-order valence-corrected chi connectivity index (χ0v) is 12.6. The van der Waals surface area contributed by atoms with Crippen LogP contribution in [0.3, 0.4) is 0 Å². The molecule has 0 bridgehead atoms. The van der Waals surface area contributed by atoms with Gasteiger partial charge in [-0.25, -0.2) is 10.8 Å². The number of hydrazine groups is 1. The highest BCUT2D eigenvalue weighted by atomic mass is 79.9. The summed E-state index contributed by atoms with van der Waals surface area (Å²) in [4.78, 5) is 4.08. The smallest absolute Gasteiger partial charge is 0.140 e. The predicted molar refractivity (Wildman–Crippen MR) is 80.3 cm³/mol. The SMILES string of the molecule is Cc1cc(Cl)cc(OCc2cc(NN)ncc2Br)c1. The van der Waals surface area contributed by atoms with Crippen LogP contribution in [-0.4, -0.2) is 4.98 Å². The van der Waals surface area contributed by atoms with Crippen molar-refractivity contribution in [3.8, 4) is 5.75 Å². The Morgan fingerprint density at radius 3 is 2.84 bits per heavy atom. The minimum absolute atomic E-state index is 0.400. The molecule has 0 aliphatic rings. The molecular weight excluding hydrogens is 330 g/mol. The summed E-state index contributed by atoms with van der Waals surface area (Å²) in [5, 5.41) is 0.660. The lowest BCUT2D eigenvalue weighted by molar-refractivity contribution is 0.305. The van der Waals surface area contributed by atoms with Gasteiger partial charge in [0.1, 0.15) is 18.2 Å². The molecule has 0 spiro atoms. The first-order valence-corrected chi connectivity index (χ1v) is 6.76. The summed E-state index contributed by atoms with van der Waals surface area (Å²) in [5.74, 6) is 6.65. The maximum absolute atomic E-state index is 5.99. The molecule has 0 fully saturated rings. The molecule has 0 amide bonds. The Morgan fingerprint density at radius 2 is 2.16 bits per heavy atom. The molecule has 100 valence electrons. The molecule has 2 aromatic rings. The average molecular weight is 343 g/mol. The lowest BCUT2D eigenvalue weighted by Crippen LogP contribution is -2.09. The van der Waals surface area contributed by atoms with Gasteiger partial charge in [-0.1, -0.05) is 11.6 Å². The number of ether oxygens (including phenoxy) is 1. The number of anilines is 1. The fourth-order valence-electron chi connectivity index (χ4n) is 1.62. The number of hydrogen-bond donors (Lipinski definition) is 2. The largest absolute Gasteiger partial charge is 0.489 e. The maximum Gasteiger partial charge on any atom is 0.140 e. The molecule has 0 aliphatic carbocycles. The molecular formula is C13H13BrClN3O. The Morgan fingerprint density at radius 1 is 1.37 bits per heavy atom. The third kappa shape index (κ3) is 3.83. The number of pyridine rings is 1. The monoisotopic (exact) mass is 341 g/mol. The molecule has 2 rings (SSSR count). The van der Waals surface area contributed by atoms with Crippen molar-refractivity contribution in [2.24, 2.45) is 5.84 Å². The van der Waals surface area contributed by atoms with E-state index < -0.39 is 0 Å². The van der Waals surface area contributed by atoms with E-state index in [-0.39, 0.29) is 0 Å². The van der Waals surface area contributed by atoms with E-state index in [4.69, 9.17) is 22.2 Å². The molecule has 0 saturated carbocycles. The molecule has 4 nitrogen and oxygen atoms in total. The Balaban J connectivity index is 2.13. The minimum atomic E-state index is 0.400. The van der Waals surface area contributed by atoms with E-state index in [0.717, 1.165) is 21.3 Å². The van der Waals surface area contributed by atoms with Gasteiger partial charge in [0.05, 0.1) is 0 Å². The first-order valence-electron chi connectivity index (χ1n) is 5.59. The molecule has 0 atom stereocenters. The molecule has 19 heavy (non-hydrogen) atoms. The predicted octanol–water partition coefficient (Wildman–Crippen LogP) is 3.67. The van der Waals surface area contributed by atoms with Crippen molar-refractivity contribution in [2.45, 2.75) is 13.5 Å². The zero-order chi connectivity index (χ0) is 13.8. The summed E-state index contributed by atoms with van der Waals surface area (Å²) in [6.07, 6.45) is 1.68. The molecule has 0 aliphatic heterocycles. The van der Waals surface area contributed by atoms with Crippen LogP contribution in [0.2, 0.25) is 5.02 Å². The van der Waals surface area contributed by atoms with Crippen molar-refractivity contribution in [1.82, 2.24) is 4.98 Å². The van der Waals surface area contributed by atoms with Gasteiger partial charge in [0, 0.05) is 21.3 Å². The summed E-state index contributed by atoms with van der Waals surface area (Å²) in [6, 6.07) is 7.42. The number of nitrogen functional groups attached to an aromatic ring is 1. The van der Waals surface area contributed by atoms with Crippen LogP contribution < -0.4 is 16.0 Å². The van der Waals surface area contributed by atoms with Gasteiger partial charge in [0.2, 0.25) is 0 Å². The normalized spacial score (nSPS) is 10.3. The minimum Gasteiger partial charge on any atom is -0.489 e. The van der Waals surface area contributed by atoms with Crippen LogP contribution in [0.15, 0.2) is 34.9 Å². The summed E-state index contributed by atoms with van der Waals surface area (Å²) >= 11 is 9.41. The van der Waals surface area contributed by atoms with Crippen molar-refractivity contribution in [3.63, 3.8) is 0 Å². The van der Waals surface area contributed by atoms with Gasteiger partial charge in [-0.15, -0.1) is 0 Å². The lowest BCUT2D eigenvalue weighted by Gasteiger charge is -2.10. The third-order valence-corrected chi connectivity index (χ3v) is 3.42. The first-order chi connectivity index (χ1) is 9.08. The van der Waals surface area contributed by atoms with E-state index in [0.29, 0.717) is 17.4 Å². The van der Waals surface area contributed by atoms with Crippen LogP contribution >= 0.6 is 27.5 Å². The quantitative estimate of drug-likeness (QED) is 0.657. The number of aromatic nitrogens is 1. The first kappa shape index (κ1) is 14.1. The summed E-state index contributed by atoms with van der Waals surface area (Å²) in [6.45, 7) is 2.37. The van der Waals surface area contributed by atoms with E-state index in [1.807, 2.05) is 25.1 Å². The van der Waals surface area contributed by atoms with Crippen molar-refractivity contribution in [2.75, 3.05) is 5.43 Å². The Labute approximate surface area is 125 Å². The molecule has 0 radical (unpaired) electrons. The van der Waals surface area contributed by atoms with Crippen LogP contribution in [0, 0.1) is 6.92 Å². The topological polar surface area (TPSA) is 60.2 Å². The van der Waals surface area contributed by atoms with E-state index >= 15 is 0 Å². The van der Waals surface area contributed by atoms with Gasteiger partial charge in [-0.3, -0.25) is 0 Å². The average Bonchev–Trinajstić information content (AvgIpc) is 2.37. The van der Waals surface area contributed by atoms with Crippen LogP contribution in [0.1, 0.15) is 11.1 Å². The second-order valence-electron chi connectivity index (χ2n) is 4.06. The highest BCUT2D eigenvalue weighted by molar-refractivity contribution is 9.10. The van der Waals surface area contributed by atoms with Crippen LogP contribution in [0.25, 0.3) is 0 Å². The zero-order valence-electron chi connectivity index (χ0n) is 10.3. The lowest BCUT2D eigenvalue weighted by atomic mass is 10.2. The van der Waals surface area contributed by atoms with Crippen molar-refractivity contribution >= 4 is 33.3 Å². The molecule has 1 heterocycles. The summed E-state index contributed by atoms with van der Waals surface area (Å²) in [7, 11) is 0. The number of rotatable bonds is 4. The fourth-order valence-corrected chi connectivity index (χ4v) is 2.23. The number of hydrogen-bond acceptors (Lipinski definition) is 4. The second kappa shape index (κ2) is 6.23. The maximum atomic E-state index is 5.99. The van der Waals surface area contributed by atoms with E-state index in [2.05, 4.69) is 26.3 Å². The number of nitrogens with one attached hydrogen (secondary N) is 1. The van der Waals surface area contributed by atoms with Crippen molar-refractivity contribution in [3.05, 3.63) is 51.1 Å². The Kier molecular flexibility index (Phi) is 4.63. The number of nitrogens with zero attached hydrogens (tertiary/aromatic N) is 1. The molecule has 0 saturated heterocycles. The molecule has 1 aromatic heterocycles. The third-order valence-electron chi connectivity index (χ3n) is 2.49. The van der Waals surface area contributed by atoms with Gasteiger partial charge >= 0.3 is 0 Å². The fraction of sp³-hybridized carbons (Fsp3) is 0.154. The number of halogens is 2. The molecule has 3 N–H and O–H groups in total. The van der Waals surface area contributed by atoms with Gasteiger partial charge < -0.3 is 10.2 Å².